The standard InChI is InChI=1S/C14H20ClNO2S/c1-11-5-4-7-13(9-11)16-19(17,18)14-8-3-2-6-12(14)10-15/h2-3,6,8,11,13,16H,4-5,7,9-10H2,1H3. The number of hydrogen-bond acceptors (Lipinski definition) is 2. The van der Waals surface area contributed by atoms with E-state index in [0.29, 0.717) is 16.4 Å². The van der Waals surface area contributed by atoms with E-state index in [-0.39, 0.29) is 11.9 Å². The summed E-state index contributed by atoms with van der Waals surface area (Å²) in [6.45, 7) is 2.17. The van der Waals surface area contributed by atoms with Crippen molar-refractivity contribution in [2.45, 2.75) is 49.4 Å². The number of benzene rings is 1. The second kappa shape index (κ2) is 6.25. The van der Waals surface area contributed by atoms with Gasteiger partial charge in [-0.25, -0.2) is 13.1 Å². The number of halogens is 1. The average molecular weight is 302 g/mol. The molecular formula is C14H20ClNO2S. The zero-order valence-electron chi connectivity index (χ0n) is 11.1. The number of rotatable bonds is 4. The Morgan fingerprint density at radius 1 is 1.32 bits per heavy atom. The first-order valence-corrected chi connectivity index (χ1v) is 8.71. The summed E-state index contributed by atoms with van der Waals surface area (Å²) in [5.41, 5.74) is 0.653. The third-order valence-corrected chi connectivity index (χ3v) is 5.57. The topological polar surface area (TPSA) is 46.2 Å². The van der Waals surface area contributed by atoms with Crippen molar-refractivity contribution in [2.75, 3.05) is 0 Å². The molecule has 0 bridgehead atoms. The lowest BCUT2D eigenvalue weighted by molar-refractivity contribution is 0.327. The molecule has 0 aromatic heterocycles. The van der Waals surface area contributed by atoms with E-state index in [2.05, 4.69) is 11.6 Å². The highest BCUT2D eigenvalue weighted by Crippen LogP contribution is 2.25. The summed E-state index contributed by atoms with van der Waals surface area (Å²) in [5, 5.41) is 0. The number of nitrogens with one attached hydrogen (secondary N) is 1. The number of alkyl halides is 1. The van der Waals surface area contributed by atoms with Gasteiger partial charge >= 0.3 is 0 Å². The highest BCUT2D eigenvalue weighted by Gasteiger charge is 2.25. The lowest BCUT2D eigenvalue weighted by atomic mass is 9.88. The first-order valence-electron chi connectivity index (χ1n) is 6.69. The predicted octanol–water partition coefficient (Wildman–Crippen LogP) is 3.28. The van der Waals surface area contributed by atoms with E-state index < -0.39 is 10.0 Å². The highest BCUT2D eigenvalue weighted by atomic mass is 35.5. The Labute approximate surface area is 120 Å². The molecule has 2 atom stereocenters. The summed E-state index contributed by atoms with van der Waals surface area (Å²) < 4.78 is 27.7. The molecule has 0 amide bonds. The first-order chi connectivity index (χ1) is 9.03. The molecule has 5 heteroatoms. The van der Waals surface area contributed by atoms with Gasteiger partial charge in [0.1, 0.15) is 0 Å². The van der Waals surface area contributed by atoms with E-state index in [1.807, 2.05) is 0 Å². The SMILES string of the molecule is CC1CCCC(NS(=O)(=O)c2ccccc2CCl)C1. The van der Waals surface area contributed by atoms with Gasteiger partial charge in [-0.1, -0.05) is 38.0 Å². The van der Waals surface area contributed by atoms with Gasteiger partial charge in [0.2, 0.25) is 10.0 Å². The number of hydrogen-bond donors (Lipinski definition) is 1. The quantitative estimate of drug-likeness (QED) is 0.868. The van der Waals surface area contributed by atoms with Crippen molar-refractivity contribution in [3.63, 3.8) is 0 Å². The fraction of sp³-hybridized carbons (Fsp3) is 0.571. The van der Waals surface area contributed by atoms with Gasteiger partial charge in [-0.05, 0) is 30.4 Å². The molecule has 106 valence electrons. The van der Waals surface area contributed by atoms with Crippen LogP contribution >= 0.6 is 11.6 Å². The smallest absolute Gasteiger partial charge is 0.208 e. The summed E-state index contributed by atoms with van der Waals surface area (Å²) in [6.07, 6.45) is 4.12. The molecule has 0 saturated heterocycles. The number of sulfonamides is 1. The third-order valence-electron chi connectivity index (χ3n) is 3.66. The molecule has 1 aromatic carbocycles. The van der Waals surface area contributed by atoms with E-state index in [4.69, 9.17) is 11.6 Å². The second-order valence-corrected chi connectivity index (χ2v) is 7.28. The van der Waals surface area contributed by atoms with Crippen LogP contribution in [0, 0.1) is 5.92 Å². The zero-order valence-corrected chi connectivity index (χ0v) is 12.7. The lowest BCUT2D eigenvalue weighted by Gasteiger charge is -2.27. The highest BCUT2D eigenvalue weighted by molar-refractivity contribution is 7.89. The molecule has 2 unspecified atom stereocenters. The van der Waals surface area contributed by atoms with Crippen molar-refractivity contribution in [2.24, 2.45) is 5.92 Å². The summed E-state index contributed by atoms with van der Waals surface area (Å²) >= 11 is 5.81. The van der Waals surface area contributed by atoms with Crippen LogP contribution < -0.4 is 4.72 Å². The minimum absolute atomic E-state index is 0.0529. The third kappa shape index (κ3) is 3.71. The first kappa shape index (κ1) is 14.8. The van der Waals surface area contributed by atoms with Gasteiger partial charge < -0.3 is 0 Å². The Morgan fingerprint density at radius 2 is 2.05 bits per heavy atom. The van der Waals surface area contributed by atoms with Gasteiger partial charge in [0.25, 0.3) is 0 Å². The van der Waals surface area contributed by atoms with E-state index in [1.54, 1.807) is 24.3 Å². The van der Waals surface area contributed by atoms with Gasteiger partial charge in [0.05, 0.1) is 4.90 Å². The summed E-state index contributed by atoms with van der Waals surface area (Å²) in [6, 6.07) is 6.96. The normalized spacial score (nSPS) is 24.3. The van der Waals surface area contributed by atoms with E-state index in [0.717, 1.165) is 19.3 Å². The second-order valence-electron chi connectivity index (χ2n) is 5.33. The van der Waals surface area contributed by atoms with Crippen LogP contribution in [0.2, 0.25) is 0 Å². The molecule has 0 spiro atoms. The van der Waals surface area contributed by atoms with E-state index in [1.165, 1.54) is 6.42 Å². The minimum Gasteiger partial charge on any atom is -0.208 e. The van der Waals surface area contributed by atoms with Gasteiger partial charge in [0.15, 0.2) is 0 Å². The van der Waals surface area contributed by atoms with E-state index in [9.17, 15) is 8.42 Å². The van der Waals surface area contributed by atoms with Gasteiger partial charge in [0, 0.05) is 11.9 Å². The molecule has 1 saturated carbocycles. The van der Waals surface area contributed by atoms with Crippen LogP contribution in [-0.4, -0.2) is 14.5 Å². The van der Waals surface area contributed by atoms with Crippen LogP contribution in [-0.2, 0) is 15.9 Å². The van der Waals surface area contributed by atoms with E-state index >= 15 is 0 Å². The van der Waals surface area contributed by atoms with Crippen LogP contribution in [0.3, 0.4) is 0 Å². The largest absolute Gasteiger partial charge is 0.241 e. The van der Waals surface area contributed by atoms with Gasteiger partial charge in [-0.3, -0.25) is 0 Å². The molecular weight excluding hydrogens is 282 g/mol. The van der Waals surface area contributed by atoms with Gasteiger partial charge in [-0.2, -0.15) is 0 Å². The van der Waals surface area contributed by atoms with Crippen LogP contribution in [0.15, 0.2) is 29.2 Å². The molecule has 2 rings (SSSR count). The predicted molar refractivity (Wildman–Crippen MR) is 77.7 cm³/mol. The molecule has 0 aliphatic heterocycles. The average Bonchev–Trinajstić information content (AvgIpc) is 2.38. The van der Waals surface area contributed by atoms with Crippen molar-refractivity contribution >= 4 is 21.6 Å². The molecule has 3 nitrogen and oxygen atoms in total. The van der Waals surface area contributed by atoms with Crippen molar-refractivity contribution in [3.05, 3.63) is 29.8 Å². The molecule has 19 heavy (non-hydrogen) atoms. The van der Waals surface area contributed by atoms with Crippen LogP contribution in [0.1, 0.15) is 38.2 Å². The maximum absolute atomic E-state index is 12.4. The summed E-state index contributed by atoms with van der Waals surface area (Å²) in [4.78, 5) is 0.309. The Morgan fingerprint density at radius 3 is 2.74 bits per heavy atom. The Balaban J connectivity index is 2.18. The molecule has 1 aliphatic carbocycles. The lowest BCUT2D eigenvalue weighted by Crippen LogP contribution is -2.38. The Kier molecular flexibility index (Phi) is 4.87. The summed E-state index contributed by atoms with van der Waals surface area (Å²) in [7, 11) is -3.46. The molecule has 1 aromatic rings. The van der Waals surface area contributed by atoms with Crippen molar-refractivity contribution in [1.29, 1.82) is 0 Å². The van der Waals surface area contributed by atoms with Crippen LogP contribution in [0.4, 0.5) is 0 Å². The molecule has 0 radical (unpaired) electrons. The molecule has 1 fully saturated rings. The Hall–Kier alpha value is -0.580. The minimum atomic E-state index is -3.46. The van der Waals surface area contributed by atoms with Crippen molar-refractivity contribution in [3.8, 4) is 0 Å². The summed E-state index contributed by atoms with van der Waals surface area (Å²) in [5.74, 6) is 0.794. The van der Waals surface area contributed by atoms with Crippen molar-refractivity contribution in [1.82, 2.24) is 4.72 Å². The van der Waals surface area contributed by atoms with Crippen LogP contribution in [0.5, 0.6) is 0 Å². The maximum atomic E-state index is 12.4. The monoisotopic (exact) mass is 301 g/mol. The molecule has 1 aliphatic rings. The Bertz CT molecular complexity index is 530. The fourth-order valence-electron chi connectivity index (χ4n) is 2.70. The fourth-order valence-corrected chi connectivity index (χ4v) is 4.54. The van der Waals surface area contributed by atoms with Crippen LogP contribution in [0.25, 0.3) is 0 Å². The molecule has 1 N–H and O–H groups in total. The van der Waals surface area contributed by atoms with Crippen molar-refractivity contribution < 1.29 is 8.42 Å². The van der Waals surface area contributed by atoms with Gasteiger partial charge in [-0.15, -0.1) is 11.6 Å². The molecule has 0 heterocycles. The zero-order chi connectivity index (χ0) is 13.9. The maximum Gasteiger partial charge on any atom is 0.241 e.